The molecule has 0 rings (SSSR count). The predicted molar refractivity (Wildman–Crippen MR) is 180 cm³/mol. The van der Waals surface area contributed by atoms with E-state index in [2.05, 4.69) is 43.5 Å². The van der Waals surface area contributed by atoms with E-state index in [0.717, 1.165) is 51.4 Å². The maximum absolute atomic E-state index is 12.7. The monoisotopic (exact) mass is 629 g/mol. The van der Waals surface area contributed by atoms with E-state index >= 15 is 0 Å². The van der Waals surface area contributed by atoms with Crippen LogP contribution in [0.5, 0.6) is 0 Å². The number of nitrogens with one attached hydrogen (secondary N) is 1. The zero-order valence-corrected chi connectivity index (χ0v) is 29.1. The molecule has 252 valence electrons. The highest BCUT2D eigenvalue weighted by molar-refractivity contribution is 7.47. The van der Waals surface area contributed by atoms with E-state index in [1.54, 1.807) is 6.08 Å². The van der Waals surface area contributed by atoms with Crippen molar-refractivity contribution in [3.63, 3.8) is 0 Å². The summed E-state index contributed by atoms with van der Waals surface area (Å²) in [5.74, 6) is -0.198. The number of aliphatic hydroxyl groups excluding tert-OH is 1. The number of rotatable bonds is 29. The fourth-order valence-electron chi connectivity index (χ4n) is 4.37. The Bertz CT molecular complexity index is 809. The number of hydrogen-bond donors (Lipinski definition) is 3. The molecule has 3 unspecified atom stereocenters. The van der Waals surface area contributed by atoms with Crippen LogP contribution in [0, 0.1) is 0 Å². The molecule has 0 fully saturated rings. The summed E-state index contributed by atoms with van der Waals surface area (Å²) in [5, 5.41) is 13.6. The van der Waals surface area contributed by atoms with Gasteiger partial charge in [-0.3, -0.25) is 13.8 Å². The molecule has 9 heteroatoms. The van der Waals surface area contributed by atoms with Gasteiger partial charge in [-0.05, 0) is 38.5 Å². The summed E-state index contributed by atoms with van der Waals surface area (Å²) in [6.07, 6.45) is 29.3. The van der Waals surface area contributed by atoms with Gasteiger partial charge < -0.3 is 19.8 Å². The van der Waals surface area contributed by atoms with Crippen LogP contribution in [0.3, 0.4) is 0 Å². The molecule has 3 N–H and O–H groups in total. The van der Waals surface area contributed by atoms with Gasteiger partial charge in [0.25, 0.3) is 0 Å². The molecule has 0 aliphatic rings. The summed E-state index contributed by atoms with van der Waals surface area (Å²) in [6.45, 7) is 4.61. The second-order valence-corrected chi connectivity index (χ2v) is 13.9. The van der Waals surface area contributed by atoms with Crippen LogP contribution in [0.1, 0.15) is 123 Å². The van der Waals surface area contributed by atoms with Crippen molar-refractivity contribution in [1.29, 1.82) is 0 Å². The molecule has 3 atom stereocenters. The van der Waals surface area contributed by atoms with Gasteiger partial charge >= 0.3 is 7.82 Å². The quantitative estimate of drug-likeness (QED) is 0.0335. The minimum Gasteiger partial charge on any atom is -0.387 e. The molecule has 1 amide bonds. The lowest BCUT2D eigenvalue weighted by atomic mass is 10.0. The summed E-state index contributed by atoms with van der Waals surface area (Å²) in [5.41, 5.74) is 0. The SMILES string of the molecule is CC/C=C/CC/C=C/CC/C=C/C(O)C(COP(=O)(O)OCC[N+](C)(C)C)NC(=O)CCCCCCCCCCCCC. The molecule has 0 bridgehead atoms. The molecule has 0 aromatic heterocycles. The lowest BCUT2D eigenvalue weighted by molar-refractivity contribution is -0.870. The number of allylic oxidation sites excluding steroid dienone is 5. The van der Waals surface area contributed by atoms with Crippen LogP contribution in [0.15, 0.2) is 36.5 Å². The molecule has 0 spiro atoms. The van der Waals surface area contributed by atoms with Crippen molar-refractivity contribution < 1.29 is 32.9 Å². The highest BCUT2D eigenvalue weighted by Gasteiger charge is 2.27. The summed E-state index contributed by atoms with van der Waals surface area (Å²) >= 11 is 0. The molecule has 0 aromatic rings. The summed E-state index contributed by atoms with van der Waals surface area (Å²) in [7, 11) is 1.54. The van der Waals surface area contributed by atoms with E-state index in [9.17, 15) is 19.4 Å². The molecule has 0 saturated heterocycles. The van der Waals surface area contributed by atoms with Crippen LogP contribution in [-0.2, 0) is 18.4 Å². The summed E-state index contributed by atoms with van der Waals surface area (Å²) in [6, 6.07) is -0.861. The first-order valence-electron chi connectivity index (χ1n) is 16.9. The molecule has 0 aliphatic carbocycles. The zero-order chi connectivity index (χ0) is 32.2. The van der Waals surface area contributed by atoms with Gasteiger partial charge in [0, 0.05) is 6.42 Å². The van der Waals surface area contributed by atoms with Gasteiger partial charge in [0.05, 0.1) is 39.9 Å². The lowest BCUT2D eigenvalue weighted by Gasteiger charge is -2.25. The average Bonchev–Trinajstić information content (AvgIpc) is 2.94. The Morgan fingerprint density at radius 1 is 0.791 bits per heavy atom. The third-order valence-corrected chi connectivity index (χ3v) is 8.09. The smallest absolute Gasteiger partial charge is 0.387 e. The number of phosphoric ester groups is 1. The summed E-state index contributed by atoms with van der Waals surface area (Å²) < 4.78 is 23.3. The standard InChI is InChI=1S/C34H65N2O6P/c1-6-8-10-12-14-16-18-20-22-24-26-28-34(38)35-32(31-42-43(39,40)41-30-29-36(3,4)5)33(37)27-25-23-21-19-17-15-13-11-9-7-2/h9,11,17,19,25,27,32-33,37H,6-8,10,12-16,18,20-24,26,28-31H2,1-5H3,(H-,35,38,39,40)/p+1/b11-9+,19-17+,27-25+. The first-order chi connectivity index (χ1) is 20.5. The summed E-state index contributed by atoms with van der Waals surface area (Å²) in [4.78, 5) is 22.8. The zero-order valence-electron chi connectivity index (χ0n) is 28.2. The molecule has 0 radical (unpaired) electrons. The van der Waals surface area contributed by atoms with Crippen LogP contribution in [-0.4, -0.2) is 73.4 Å². The maximum atomic E-state index is 12.7. The van der Waals surface area contributed by atoms with Crippen LogP contribution in [0.2, 0.25) is 0 Å². The Kier molecular flexibility index (Phi) is 26.3. The minimum atomic E-state index is -4.33. The van der Waals surface area contributed by atoms with Gasteiger partial charge in [0.1, 0.15) is 13.2 Å². The molecule has 0 aromatic carbocycles. The Balaban J connectivity index is 4.68. The number of aliphatic hydroxyl groups is 1. The molecule has 0 saturated carbocycles. The lowest BCUT2D eigenvalue weighted by Crippen LogP contribution is -2.45. The molecule has 43 heavy (non-hydrogen) atoms. The third-order valence-electron chi connectivity index (χ3n) is 7.10. The normalized spacial score (nSPS) is 15.4. The number of quaternary nitrogens is 1. The Morgan fingerprint density at radius 2 is 1.30 bits per heavy atom. The number of phosphoric acid groups is 1. The highest BCUT2D eigenvalue weighted by atomic mass is 31.2. The predicted octanol–water partition coefficient (Wildman–Crippen LogP) is 8.01. The van der Waals surface area contributed by atoms with Gasteiger partial charge in [-0.25, -0.2) is 4.57 Å². The number of hydrogen-bond acceptors (Lipinski definition) is 5. The number of carbonyl (C=O) groups is 1. The first-order valence-corrected chi connectivity index (χ1v) is 18.4. The fraction of sp³-hybridized carbons (Fsp3) is 0.794. The molecule has 8 nitrogen and oxygen atoms in total. The van der Waals surface area contributed by atoms with Gasteiger partial charge in [-0.2, -0.15) is 0 Å². The van der Waals surface area contributed by atoms with E-state index < -0.39 is 20.0 Å². The van der Waals surface area contributed by atoms with E-state index in [1.165, 1.54) is 51.4 Å². The van der Waals surface area contributed by atoms with Crippen molar-refractivity contribution in [1.82, 2.24) is 5.32 Å². The third kappa shape index (κ3) is 29.2. The van der Waals surface area contributed by atoms with Gasteiger partial charge in [-0.1, -0.05) is 115 Å². The van der Waals surface area contributed by atoms with Crippen LogP contribution in [0.4, 0.5) is 0 Å². The van der Waals surface area contributed by atoms with Crippen molar-refractivity contribution in [3.05, 3.63) is 36.5 Å². The van der Waals surface area contributed by atoms with Crippen LogP contribution >= 0.6 is 7.82 Å². The van der Waals surface area contributed by atoms with E-state index in [-0.39, 0.29) is 19.1 Å². The van der Waals surface area contributed by atoms with Crippen molar-refractivity contribution >= 4 is 13.7 Å². The number of unbranched alkanes of at least 4 members (excludes halogenated alkanes) is 12. The number of amides is 1. The van der Waals surface area contributed by atoms with E-state index in [4.69, 9.17) is 9.05 Å². The van der Waals surface area contributed by atoms with Crippen molar-refractivity contribution in [2.75, 3.05) is 40.9 Å². The number of nitrogens with zero attached hydrogens (tertiary/aromatic N) is 1. The Hall–Kier alpha value is -1.28. The second kappa shape index (κ2) is 27.1. The average molecular weight is 630 g/mol. The molecular formula is C34H66N2O6P+. The van der Waals surface area contributed by atoms with Crippen molar-refractivity contribution in [2.24, 2.45) is 0 Å². The van der Waals surface area contributed by atoms with Crippen LogP contribution in [0.25, 0.3) is 0 Å². The first kappa shape index (κ1) is 41.7. The van der Waals surface area contributed by atoms with Crippen LogP contribution < -0.4 is 5.32 Å². The Morgan fingerprint density at radius 3 is 1.84 bits per heavy atom. The minimum absolute atomic E-state index is 0.0536. The largest absolute Gasteiger partial charge is 0.472 e. The fourth-order valence-corrected chi connectivity index (χ4v) is 5.11. The highest BCUT2D eigenvalue weighted by Crippen LogP contribution is 2.43. The second-order valence-electron chi connectivity index (χ2n) is 12.5. The maximum Gasteiger partial charge on any atom is 0.472 e. The van der Waals surface area contributed by atoms with Gasteiger partial charge in [-0.15, -0.1) is 0 Å². The number of likely N-dealkylation sites (N-methyl/N-ethyl adjacent to an activating group) is 1. The number of carbonyl (C=O) groups excluding carboxylic acids is 1. The topological polar surface area (TPSA) is 105 Å². The van der Waals surface area contributed by atoms with Gasteiger partial charge in [0.2, 0.25) is 5.91 Å². The van der Waals surface area contributed by atoms with Gasteiger partial charge in [0.15, 0.2) is 0 Å². The van der Waals surface area contributed by atoms with E-state index in [0.29, 0.717) is 17.4 Å². The molecule has 0 heterocycles. The Labute approximate surface area is 264 Å². The molecule has 0 aliphatic heterocycles. The van der Waals surface area contributed by atoms with Crippen molar-refractivity contribution in [3.8, 4) is 0 Å². The molecular weight excluding hydrogens is 563 g/mol. The van der Waals surface area contributed by atoms with E-state index in [1.807, 2.05) is 27.2 Å². The van der Waals surface area contributed by atoms with Crippen molar-refractivity contribution in [2.45, 2.75) is 135 Å².